The van der Waals surface area contributed by atoms with Gasteiger partial charge in [-0.05, 0) is 38.1 Å². The summed E-state index contributed by atoms with van der Waals surface area (Å²) in [6.07, 6.45) is 0. The lowest BCUT2D eigenvalue weighted by atomic mass is 10.1. The molecule has 1 heterocycles. The van der Waals surface area contributed by atoms with Crippen LogP contribution in [0.3, 0.4) is 0 Å². The van der Waals surface area contributed by atoms with E-state index < -0.39 is 0 Å². The van der Waals surface area contributed by atoms with Gasteiger partial charge in [0.15, 0.2) is 10.9 Å². The minimum Gasteiger partial charge on any atom is -0.497 e. The van der Waals surface area contributed by atoms with Crippen LogP contribution in [0.2, 0.25) is 0 Å². The molecule has 116 valence electrons. The molecule has 2 rings (SSSR count). The van der Waals surface area contributed by atoms with E-state index in [4.69, 9.17) is 4.74 Å². The highest BCUT2D eigenvalue weighted by atomic mass is 32.2. The molecule has 2 aromatic rings. The van der Waals surface area contributed by atoms with Gasteiger partial charge in [-0.25, -0.2) is 4.98 Å². The molecule has 0 spiro atoms. The molecule has 0 radical (unpaired) electrons. The number of benzene rings is 1. The zero-order valence-electron chi connectivity index (χ0n) is 13.0. The number of aromatic nitrogens is 2. The molecule has 0 N–H and O–H groups in total. The average Bonchev–Trinajstić information content (AvgIpc) is 2.54. The van der Waals surface area contributed by atoms with Crippen molar-refractivity contribution in [3.05, 3.63) is 51.4 Å². The molecule has 0 aliphatic heterocycles. The second kappa shape index (κ2) is 6.79. The summed E-state index contributed by atoms with van der Waals surface area (Å²) in [7, 11) is 3.25. The smallest absolute Gasteiger partial charge is 0.257 e. The minimum absolute atomic E-state index is 0.0138. The highest BCUT2D eigenvalue weighted by molar-refractivity contribution is 7.99. The summed E-state index contributed by atoms with van der Waals surface area (Å²) in [6, 6.07) is 6.97. The first-order valence-electron chi connectivity index (χ1n) is 6.78. The van der Waals surface area contributed by atoms with Gasteiger partial charge < -0.3 is 4.74 Å². The molecule has 0 saturated heterocycles. The summed E-state index contributed by atoms with van der Waals surface area (Å²) in [4.78, 5) is 28.6. The second-order valence-corrected chi connectivity index (χ2v) is 5.85. The Hall–Kier alpha value is -2.08. The molecule has 1 aromatic carbocycles. The van der Waals surface area contributed by atoms with Gasteiger partial charge in [-0.1, -0.05) is 11.8 Å². The number of carbonyl (C=O) groups is 1. The number of nitrogens with zero attached hydrogens (tertiary/aromatic N) is 2. The van der Waals surface area contributed by atoms with Crippen LogP contribution in [-0.4, -0.2) is 28.2 Å². The van der Waals surface area contributed by atoms with Gasteiger partial charge >= 0.3 is 0 Å². The number of carbonyl (C=O) groups excluding carboxylic acids is 1. The summed E-state index contributed by atoms with van der Waals surface area (Å²) in [5.74, 6) is 0.928. The molecule has 0 bridgehead atoms. The number of ketones is 1. The highest BCUT2D eigenvalue weighted by Crippen LogP contribution is 2.18. The predicted octanol–water partition coefficient (Wildman–Crippen LogP) is 2.38. The number of ether oxygens (including phenoxy) is 1. The maximum absolute atomic E-state index is 12.2. The van der Waals surface area contributed by atoms with Crippen molar-refractivity contribution in [3.63, 3.8) is 0 Å². The number of aryl methyl sites for hydroxylation is 1. The van der Waals surface area contributed by atoms with Crippen LogP contribution in [0.1, 0.15) is 21.6 Å². The molecular weight excluding hydrogens is 300 g/mol. The van der Waals surface area contributed by atoms with E-state index >= 15 is 0 Å². The summed E-state index contributed by atoms with van der Waals surface area (Å²) in [5, 5.41) is 0.551. The fourth-order valence-electron chi connectivity index (χ4n) is 1.91. The number of methoxy groups -OCH3 is 1. The molecule has 0 aliphatic rings. The molecule has 0 saturated carbocycles. The standard InChI is InChI=1S/C16H18N2O3S/c1-10-11(2)17-16(18(3)15(10)20)22-9-14(19)12-5-7-13(21-4)8-6-12/h5-8H,9H2,1-4H3. The molecule has 0 atom stereocenters. The largest absolute Gasteiger partial charge is 0.497 e. The maximum Gasteiger partial charge on any atom is 0.257 e. The van der Waals surface area contributed by atoms with Crippen molar-refractivity contribution >= 4 is 17.5 Å². The number of hydrogen-bond donors (Lipinski definition) is 0. The van der Waals surface area contributed by atoms with E-state index in [9.17, 15) is 9.59 Å². The molecule has 0 unspecified atom stereocenters. The molecule has 0 amide bonds. The molecule has 5 nitrogen and oxygen atoms in total. The van der Waals surface area contributed by atoms with Gasteiger partial charge in [0, 0.05) is 23.9 Å². The normalized spacial score (nSPS) is 10.5. The van der Waals surface area contributed by atoms with Crippen LogP contribution >= 0.6 is 11.8 Å². The van der Waals surface area contributed by atoms with Crippen LogP contribution in [0.4, 0.5) is 0 Å². The van der Waals surface area contributed by atoms with Gasteiger partial charge in [0.2, 0.25) is 0 Å². The maximum atomic E-state index is 12.2. The van der Waals surface area contributed by atoms with E-state index in [1.165, 1.54) is 16.3 Å². The lowest BCUT2D eigenvalue weighted by Crippen LogP contribution is -2.23. The van der Waals surface area contributed by atoms with E-state index in [2.05, 4.69) is 4.98 Å². The molecule has 6 heteroatoms. The van der Waals surface area contributed by atoms with Gasteiger partial charge in [0.25, 0.3) is 5.56 Å². The van der Waals surface area contributed by atoms with Gasteiger partial charge in [0.1, 0.15) is 5.75 Å². The quantitative estimate of drug-likeness (QED) is 0.481. The van der Waals surface area contributed by atoms with Crippen molar-refractivity contribution in [1.29, 1.82) is 0 Å². The van der Waals surface area contributed by atoms with Gasteiger partial charge in [-0.3, -0.25) is 14.2 Å². The molecular formula is C16H18N2O3S. The summed E-state index contributed by atoms with van der Waals surface area (Å²) < 4.78 is 6.55. The third-order valence-electron chi connectivity index (χ3n) is 3.46. The minimum atomic E-state index is -0.0769. The van der Waals surface area contributed by atoms with E-state index in [0.29, 0.717) is 27.7 Å². The zero-order chi connectivity index (χ0) is 16.3. The van der Waals surface area contributed by atoms with E-state index in [-0.39, 0.29) is 17.1 Å². The van der Waals surface area contributed by atoms with Crippen molar-refractivity contribution < 1.29 is 9.53 Å². The Morgan fingerprint density at radius 2 is 1.91 bits per heavy atom. The van der Waals surface area contributed by atoms with Crippen molar-refractivity contribution in [2.75, 3.05) is 12.9 Å². The van der Waals surface area contributed by atoms with E-state index in [1.807, 2.05) is 0 Å². The Morgan fingerprint density at radius 1 is 1.27 bits per heavy atom. The number of hydrogen-bond acceptors (Lipinski definition) is 5. The lowest BCUT2D eigenvalue weighted by Gasteiger charge is -2.09. The number of Topliss-reactive ketones (excluding diaryl/α,β-unsaturated/α-hetero) is 1. The Kier molecular flexibility index (Phi) is 5.03. The van der Waals surface area contributed by atoms with Crippen LogP contribution in [0.25, 0.3) is 0 Å². The van der Waals surface area contributed by atoms with E-state index in [0.717, 1.165) is 0 Å². The highest BCUT2D eigenvalue weighted by Gasteiger charge is 2.12. The topological polar surface area (TPSA) is 61.2 Å². The molecule has 0 aliphatic carbocycles. The summed E-state index contributed by atoms with van der Waals surface area (Å²) >= 11 is 1.27. The SMILES string of the molecule is COc1ccc(C(=O)CSc2nc(C)c(C)c(=O)n2C)cc1. The Morgan fingerprint density at radius 3 is 2.50 bits per heavy atom. The van der Waals surface area contributed by atoms with Crippen LogP contribution in [0.5, 0.6) is 5.75 Å². The first-order chi connectivity index (χ1) is 10.4. The first kappa shape index (κ1) is 16.3. The second-order valence-electron chi connectivity index (χ2n) is 4.91. The fourth-order valence-corrected chi connectivity index (χ4v) is 2.82. The van der Waals surface area contributed by atoms with Crippen LogP contribution in [0.15, 0.2) is 34.2 Å². The predicted molar refractivity (Wildman–Crippen MR) is 87.0 cm³/mol. The van der Waals surface area contributed by atoms with Crippen molar-refractivity contribution in [2.24, 2.45) is 7.05 Å². The van der Waals surface area contributed by atoms with Gasteiger partial charge in [-0.2, -0.15) is 0 Å². The summed E-state index contributed by atoms with van der Waals surface area (Å²) in [5.41, 5.74) is 1.87. The summed E-state index contributed by atoms with van der Waals surface area (Å²) in [6.45, 7) is 3.55. The van der Waals surface area contributed by atoms with E-state index in [1.54, 1.807) is 52.3 Å². The number of thioether (sulfide) groups is 1. The fraction of sp³-hybridized carbons (Fsp3) is 0.312. The Labute approximate surface area is 133 Å². The Bertz CT molecular complexity index is 751. The van der Waals surface area contributed by atoms with Crippen molar-refractivity contribution in [3.8, 4) is 5.75 Å². The van der Waals surface area contributed by atoms with Crippen molar-refractivity contribution in [2.45, 2.75) is 19.0 Å². The van der Waals surface area contributed by atoms with Gasteiger partial charge in [-0.15, -0.1) is 0 Å². The third kappa shape index (κ3) is 3.39. The Balaban J connectivity index is 2.12. The lowest BCUT2D eigenvalue weighted by molar-refractivity contribution is 0.102. The van der Waals surface area contributed by atoms with Crippen LogP contribution in [-0.2, 0) is 7.05 Å². The molecule has 0 fully saturated rings. The van der Waals surface area contributed by atoms with Crippen LogP contribution in [0, 0.1) is 13.8 Å². The monoisotopic (exact) mass is 318 g/mol. The third-order valence-corrected chi connectivity index (χ3v) is 4.49. The van der Waals surface area contributed by atoms with Gasteiger partial charge in [0.05, 0.1) is 12.9 Å². The molecule has 1 aromatic heterocycles. The van der Waals surface area contributed by atoms with Crippen LogP contribution < -0.4 is 10.3 Å². The number of rotatable bonds is 5. The zero-order valence-corrected chi connectivity index (χ0v) is 13.9. The van der Waals surface area contributed by atoms with Crippen molar-refractivity contribution in [1.82, 2.24) is 9.55 Å². The molecule has 22 heavy (non-hydrogen) atoms. The average molecular weight is 318 g/mol. The first-order valence-corrected chi connectivity index (χ1v) is 7.77.